The summed E-state index contributed by atoms with van der Waals surface area (Å²) >= 11 is 0. The lowest BCUT2D eigenvalue weighted by Gasteiger charge is -1.94. The lowest BCUT2D eigenvalue weighted by atomic mass is 10.1. The molecule has 2 rings (SSSR count). The number of hydrogen-bond acceptors (Lipinski definition) is 4. The highest BCUT2D eigenvalue weighted by molar-refractivity contribution is 5.95. The molecule has 0 radical (unpaired) electrons. The standard InChI is InChI=1S/C10H11N3O3/c1-5-7(4-13(3)11-5)9-8(10(14)15)6(2)16-12-9/h4H,1-3H3,(H,14,15). The topological polar surface area (TPSA) is 81.2 Å². The zero-order chi connectivity index (χ0) is 11.9. The van der Waals surface area contributed by atoms with E-state index in [1.807, 2.05) is 0 Å². The Morgan fingerprint density at radius 3 is 2.69 bits per heavy atom. The number of aromatic nitrogens is 3. The van der Waals surface area contributed by atoms with Crippen LogP contribution in [0.2, 0.25) is 0 Å². The Morgan fingerprint density at radius 2 is 2.19 bits per heavy atom. The maximum atomic E-state index is 11.1. The molecular formula is C10H11N3O3. The summed E-state index contributed by atoms with van der Waals surface area (Å²) in [6.07, 6.45) is 1.72. The molecule has 16 heavy (non-hydrogen) atoms. The number of carbonyl (C=O) groups is 1. The monoisotopic (exact) mass is 221 g/mol. The Hall–Kier alpha value is -2.11. The second-order valence-corrected chi connectivity index (χ2v) is 3.57. The predicted molar refractivity (Wildman–Crippen MR) is 55.1 cm³/mol. The molecule has 0 saturated carbocycles. The van der Waals surface area contributed by atoms with Gasteiger partial charge in [-0.2, -0.15) is 5.10 Å². The molecule has 0 aliphatic carbocycles. The minimum atomic E-state index is -1.04. The Kier molecular flexibility index (Phi) is 2.26. The maximum absolute atomic E-state index is 11.1. The summed E-state index contributed by atoms with van der Waals surface area (Å²) in [5.41, 5.74) is 1.82. The number of carboxylic acids is 1. The number of aryl methyl sites for hydroxylation is 3. The van der Waals surface area contributed by atoms with E-state index in [-0.39, 0.29) is 5.56 Å². The van der Waals surface area contributed by atoms with Gasteiger partial charge in [0, 0.05) is 18.8 Å². The van der Waals surface area contributed by atoms with Crippen LogP contribution in [0.15, 0.2) is 10.7 Å². The van der Waals surface area contributed by atoms with Gasteiger partial charge in [0.05, 0.1) is 5.69 Å². The van der Waals surface area contributed by atoms with Gasteiger partial charge in [0.25, 0.3) is 0 Å². The molecule has 0 bridgehead atoms. The molecule has 2 heterocycles. The summed E-state index contributed by atoms with van der Waals surface area (Å²) in [6, 6.07) is 0. The zero-order valence-corrected chi connectivity index (χ0v) is 9.18. The van der Waals surface area contributed by atoms with Gasteiger partial charge in [-0.3, -0.25) is 4.68 Å². The van der Waals surface area contributed by atoms with Crippen molar-refractivity contribution in [1.29, 1.82) is 0 Å². The molecule has 0 fully saturated rings. The van der Waals surface area contributed by atoms with E-state index in [1.165, 1.54) is 0 Å². The molecule has 0 amide bonds. The quantitative estimate of drug-likeness (QED) is 0.828. The van der Waals surface area contributed by atoms with Gasteiger partial charge in [0.15, 0.2) is 0 Å². The van der Waals surface area contributed by atoms with Crippen LogP contribution in [0, 0.1) is 13.8 Å². The lowest BCUT2D eigenvalue weighted by Crippen LogP contribution is -1.99. The third kappa shape index (κ3) is 1.48. The van der Waals surface area contributed by atoms with Crippen molar-refractivity contribution in [3.63, 3.8) is 0 Å². The van der Waals surface area contributed by atoms with Crippen LogP contribution in [0.4, 0.5) is 0 Å². The van der Waals surface area contributed by atoms with E-state index in [2.05, 4.69) is 10.3 Å². The van der Waals surface area contributed by atoms with E-state index < -0.39 is 5.97 Å². The Labute approximate surface area is 91.5 Å². The van der Waals surface area contributed by atoms with Crippen LogP contribution in [0.5, 0.6) is 0 Å². The Bertz CT molecular complexity index is 554. The van der Waals surface area contributed by atoms with Crippen molar-refractivity contribution in [1.82, 2.24) is 14.9 Å². The molecular weight excluding hydrogens is 210 g/mol. The molecule has 0 atom stereocenters. The largest absolute Gasteiger partial charge is 0.477 e. The Balaban J connectivity index is 2.65. The zero-order valence-electron chi connectivity index (χ0n) is 9.18. The molecule has 0 spiro atoms. The molecule has 0 aliphatic heterocycles. The first-order chi connectivity index (χ1) is 7.50. The summed E-state index contributed by atoms with van der Waals surface area (Å²) < 4.78 is 6.52. The normalized spacial score (nSPS) is 10.7. The summed E-state index contributed by atoms with van der Waals surface area (Å²) in [7, 11) is 1.77. The van der Waals surface area contributed by atoms with E-state index in [0.29, 0.717) is 17.0 Å². The highest BCUT2D eigenvalue weighted by atomic mass is 16.5. The molecule has 6 heteroatoms. The minimum Gasteiger partial charge on any atom is -0.477 e. The second kappa shape index (κ2) is 3.48. The van der Waals surface area contributed by atoms with Crippen molar-refractivity contribution in [2.45, 2.75) is 13.8 Å². The summed E-state index contributed by atoms with van der Waals surface area (Å²) in [5.74, 6) is -0.747. The van der Waals surface area contributed by atoms with Crippen LogP contribution in [0.1, 0.15) is 21.8 Å². The highest BCUT2D eigenvalue weighted by Crippen LogP contribution is 2.27. The van der Waals surface area contributed by atoms with E-state index in [0.717, 1.165) is 5.69 Å². The van der Waals surface area contributed by atoms with Crippen LogP contribution >= 0.6 is 0 Å². The maximum Gasteiger partial charge on any atom is 0.341 e. The van der Waals surface area contributed by atoms with Gasteiger partial charge in [-0.05, 0) is 13.8 Å². The first kappa shape index (κ1) is 10.4. The molecule has 6 nitrogen and oxygen atoms in total. The second-order valence-electron chi connectivity index (χ2n) is 3.57. The van der Waals surface area contributed by atoms with Crippen LogP contribution in [0.25, 0.3) is 11.3 Å². The third-order valence-corrected chi connectivity index (χ3v) is 2.35. The van der Waals surface area contributed by atoms with Gasteiger partial charge in [-0.15, -0.1) is 0 Å². The highest BCUT2D eigenvalue weighted by Gasteiger charge is 2.23. The van der Waals surface area contributed by atoms with Gasteiger partial charge in [0.2, 0.25) is 0 Å². The molecule has 0 unspecified atom stereocenters. The first-order valence-corrected chi connectivity index (χ1v) is 4.71. The fourth-order valence-corrected chi connectivity index (χ4v) is 1.64. The number of carboxylic acid groups (broad SMARTS) is 1. The number of hydrogen-bond donors (Lipinski definition) is 1. The SMILES string of the molecule is Cc1nn(C)cc1-c1noc(C)c1C(=O)O. The summed E-state index contributed by atoms with van der Waals surface area (Å²) in [4.78, 5) is 11.1. The summed E-state index contributed by atoms with van der Waals surface area (Å²) in [6.45, 7) is 3.37. The molecule has 0 aromatic carbocycles. The van der Waals surface area contributed by atoms with E-state index in [4.69, 9.17) is 9.63 Å². The Morgan fingerprint density at radius 1 is 1.50 bits per heavy atom. The van der Waals surface area contributed by atoms with Gasteiger partial charge in [-0.1, -0.05) is 5.16 Å². The van der Waals surface area contributed by atoms with Crippen molar-refractivity contribution >= 4 is 5.97 Å². The van der Waals surface area contributed by atoms with Gasteiger partial charge in [-0.25, -0.2) is 4.79 Å². The van der Waals surface area contributed by atoms with Crippen molar-refractivity contribution in [2.24, 2.45) is 7.05 Å². The molecule has 2 aromatic rings. The molecule has 1 N–H and O–H groups in total. The minimum absolute atomic E-state index is 0.0936. The molecule has 2 aromatic heterocycles. The lowest BCUT2D eigenvalue weighted by molar-refractivity contribution is 0.0696. The van der Waals surface area contributed by atoms with E-state index >= 15 is 0 Å². The smallest absolute Gasteiger partial charge is 0.341 e. The van der Waals surface area contributed by atoms with Crippen molar-refractivity contribution in [2.75, 3.05) is 0 Å². The third-order valence-electron chi connectivity index (χ3n) is 2.35. The molecule has 84 valence electrons. The molecule has 0 aliphatic rings. The number of aromatic carboxylic acids is 1. The van der Waals surface area contributed by atoms with Crippen LogP contribution in [-0.4, -0.2) is 26.0 Å². The van der Waals surface area contributed by atoms with Gasteiger partial charge < -0.3 is 9.63 Å². The summed E-state index contributed by atoms with van der Waals surface area (Å²) in [5, 5.41) is 17.0. The average molecular weight is 221 g/mol. The number of rotatable bonds is 2. The van der Waals surface area contributed by atoms with Gasteiger partial charge in [0.1, 0.15) is 17.0 Å². The van der Waals surface area contributed by atoms with E-state index in [9.17, 15) is 4.79 Å². The van der Waals surface area contributed by atoms with Crippen molar-refractivity contribution in [3.8, 4) is 11.3 Å². The van der Waals surface area contributed by atoms with Crippen molar-refractivity contribution in [3.05, 3.63) is 23.2 Å². The van der Waals surface area contributed by atoms with Gasteiger partial charge >= 0.3 is 5.97 Å². The van der Waals surface area contributed by atoms with Crippen LogP contribution in [0.3, 0.4) is 0 Å². The van der Waals surface area contributed by atoms with Crippen molar-refractivity contribution < 1.29 is 14.4 Å². The van der Waals surface area contributed by atoms with E-state index in [1.54, 1.807) is 31.8 Å². The average Bonchev–Trinajstić information content (AvgIpc) is 2.69. The van der Waals surface area contributed by atoms with Crippen LogP contribution in [-0.2, 0) is 7.05 Å². The molecule has 0 saturated heterocycles. The number of nitrogens with zero attached hydrogens (tertiary/aromatic N) is 3. The fraction of sp³-hybridized carbons (Fsp3) is 0.300. The fourth-order valence-electron chi connectivity index (χ4n) is 1.64. The first-order valence-electron chi connectivity index (χ1n) is 4.71. The van der Waals surface area contributed by atoms with Crippen LogP contribution < -0.4 is 0 Å². The predicted octanol–water partition coefficient (Wildman–Crippen LogP) is 1.39.